The predicted octanol–water partition coefficient (Wildman–Crippen LogP) is 10.2. The van der Waals surface area contributed by atoms with Gasteiger partial charge in [-0.1, -0.05) is 110 Å². The van der Waals surface area contributed by atoms with Gasteiger partial charge in [0.1, 0.15) is 6.10 Å². The highest BCUT2D eigenvalue weighted by atomic mass is 35.5. The summed E-state index contributed by atoms with van der Waals surface area (Å²) in [6.07, 6.45) is 31.8. The van der Waals surface area contributed by atoms with E-state index in [0.717, 1.165) is 51.1 Å². The molecule has 0 radical (unpaired) electrons. The topological polar surface area (TPSA) is 90.9 Å². The number of hydrogen-bond acceptors (Lipinski definition) is 9. The van der Waals surface area contributed by atoms with Gasteiger partial charge in [-0.05, 0) is 50.0 Å². The first-order chi connectivity index (χ1) is 23.6. The summed E-state index contributed by atoms with van der Waals surface area (Å²) >= 11 is 1.84. The minimum atomic E-state index is -3.30. The highest BCUT2D eigenvalue weighted by molar-refractivity contribution is 8.02. The fourth-order valence-electron chi connectivity index (χ4n) is 5.90. The molecule has 0 spiro atoms. The van der Waals surface area contributed by atoms with Crippen molar-refractivity contribution in [2.24, 2.45) is 0 Å². The van der Waals surface area contributed by atoms with E-state index in [0.29, 0.717) is 19.6 Å². The Bertz CT molecular complexity index is 991. The van der Waals surface area contributed by atoms with Gasteiger partial charge in [-0.25, -0.2) is 18.4 Å². The van der Waals surface area contributed by atoms with Crippen LogP contribution in [0.15, 0.2) is 30.1 Å². The smallest absolute Gasteiger partial charge is 0.316 e. The summed E-state index contributed by atoms with van der Waals surface area (Å²) in [7, 11) is -3.30. The van der Waals surface area contributed by atoms with E-state index in [2.05, 4.69) is 33.4 Å². The third-order valence-corrected chi connectivity index (χ3v) is 11.4. The average molecular weight is 749 g/mol. The van der Waals surface area contributed by atoms with Crippen LogP contribution < -0.4 is 4.74 Å². The zero-order valence-corrected chi connectivity index (χ0v) is 33.2. The van der Waals surface area contributed by atoms with Crippen molar-refractivity contribution >= 4 is 34.0 Å². The molecule has 2 heterocycles. The van der Waals surface area contributed by atoms with Crippen LogP contribution in [0.5, 0.6) is 6.01 Å². The second kappa shape index (κ2) is 32.8. The van der Waals surface area contributed by atoms with Crippen molar-refractivity contribution in [2.75, 3.05) is 50.4 Å². The minimum absolute atomic E-state index is 0. The van der Waals surface area contributed by atoms with Crippen LogP contribution in [-0.4, -0.2) is 79.7 Å². The molecule has 8 nitrogen and oxygen atoms in total. The number of sulfone groups is 1. The molecule has 0 aliphatic carbocycles. The molecule has 0 saturated heterocycles. The molecule has 1 aromatic heterocycles. The zero-order valence-electron chi connectivity index (χ0n) is 30.8. The molecule has 1 atom stereocenters. The molecule has 0 saturated carbocycles. The summed E-state index contributed by atoms with van der Waals surface area (Å²) < 4.78 is 43.4. The summed E-state index contributed by atoms with van der Waals surface area (Å²) in [5.41, 5.74) is 0. The Kier molecular flexibility index (Phi) is 30.8. The normalized spacial score (nSPS) is 13.5. The number of halogens is 1. The predicted molar refractivity (Wildman–Crippen MR) is 210 cm³/mol. The first kappa shape index (κ1) is 46.0. The lowest BCUT2D eigenvalue weighted by molar-refractivity contribution is 0.0534. The molecule has 1 unspecified atom stereocenters. The van der Waals surface area contributed by atoms with Crippen LogP contribution in [0, 0.1) is 0 Å². The highest BCUT2D eigenvalue weighted by Crippen LogP contribution is 2.16. The SMILES string of the molecule is CCCCCCCCCCCCCCCCCCOCC(CS(=O)(=O)CCCCCOCCCCCN1C=CSC1)Oc1ncccn1.Cl. The fourth-order valence-corrected chi connectivity index (χ4v) is 8.19. The molecule has 1 aliphatic heterocycles. The van der Waals surface area contributed by atoms with Crippen LogP contribution in [0.3, 0.4) is 0 Å². The number of aromatic nitrogens is 2. The molecule has 2 rings (SSSR count). The standard InChI is InChI=1S/C38H69N3O5S2.ClH/c1-2-3-4-5-6-7-8-9-10-11-12-13-14-15-16-20-31-45-34-37(46-38-39-25-24-26-40-38)35-48(42,43)33-23-18-22-30-44-29-21-17-19-27-41-28-32-47-36-41;/h24-26,28,32,37H,2-23,27,29-31,33-36H2,1H3;1H. The molecule has 1 aliphatic rings. The van der Waals surface area contributed by atoms with Crippen molar-refractivity contribution in [3.8, 4) is 6.01 Å². The minimum Gasteiger partial charge on any atom is -0.457 e. The number of ether oxygens (including phenoxy) is 3. The molecular weight excluding hydrogens is 678 g/mol. The summed E-state index contributed by atoms with van der Waals surface area (Å²) in [4.78, 5) is 10.6. The van der Waals surface area contributed by atoms with Crippen LogP contribution >= 0.6 is 24.2 Å². The third kappa shape index (κ3) is 28.2. The molecule has 0 amide bonds. The summed E-state index contributed by atoms with van der Waals surface area (Å²) in [6.45, 7) is 5.70. The lowest BCUT2D eigenvalue weighted by Gasteiger charge is -2.18. The molecule has 49 heavy (non-hydrogen) atoms. The van der Waals surface area contributed by atoms with Gasteiger partial charge in [0.05, 0.1) is 24.0 Å². The Balaban J connectivity index is 0.0000120. The average Bonchev–Trinajstić information content (AvgIpc) is 3.60. The van der Waals surface area contributed by atoms with E-state index in [1.807, 2.05) is 11.8 Å². The van der Waals surface area contributed by atoms with Crippen molar-refractivity contribution in [3.63, 3.8) is 0 Å². The van der Waals surface area contributed by atoms with Crippen LogP contribution in [0.1, 0.15) is 148 Å². The summed E-state index contributed by atoms with van der Waals surface area (Å²) in [6, 6.07) is 1.90. The fraction of sp³-hybridized carbons (Fsp3) is 0.842. The quantitative estimate of drug-likeness (QED) is 0.0629. The van der Waals surface area contributed by atoms with Gasteiger partial charge >= 0.3 is 6.01 Å². The number of hydrogen-bond donors (Lipinski definition) is 0. The van der Waals surface area contributed by atoms with E-state index in [1.54, 1.807) is 18.5 Å². The number of rotatable bonds is 35. The molecule has 0 bridgehead atoms. The maximum atomic E-state index is 12.9. The van der Waals surface area contributed by atoms with E-state index >= 15 is 0 Å². The Labute approximate surface area is 311 Å². The Morgan fingerprint density at radius 1 is 0.714 bits per heavy atom. The van der Waals surface area contributed by atoms with Crippen molar-refractivity contribution < 1.29 is 22.6 Å². The third-order valence-electron chi connectivity index (χ3n) is 8.79. The van der Waals surface area contributed by atoms with Gasteiger partial charge in [0, 0.05) is 45.0 Å². The van der Waals surface area contributed by atoms with Crippen molar-refractivity contribution in [1.82, 2.24) is 14.9 Å². The van der Waals surface area contributed by atoms with Gasteiger partial charge in [0.25, 0.3) is 0 Å². The Morgan fingerprint density at radius 2 is 1.22 bits per heavy atom. The van der Waals surface area contributed by atoms with E-state index in [4.69, 9.17) is 14.2 Å². The molecule has 0 aromatic carbocycles. The van der Waals surface area contributed by atoms with E-state index in [9.17, 15) is 8.42 Å². The second-order valence-corrected chi connectivity index (χ2v) is 16.5. The van der Waals surface area contributed by atoms with E-state index < -0.39 is 15.9 Å². The molecule has 1 aromatic rings. The lowest BCUT2D eigenvalue weighted by Crippen LogP contribution is -2.33. The lowest BCUT2D eigenvalue weighted by atomic mass is 10.0. The Hall–Kier alpha value is -1.07. The van der Waals surface area contributed by atoms with Gasteiger partial charge in [0.15, 0.2) is 9.84 Å². The van der Waals surface area contributed by atoms with Gasteiger partial charge in [-0.3, -0.25) is 0 Å². The maximum Gasteiger partial charge on any atom is 0.316 e. The second-order valence-electron chi connectivity index (χ2n) is 13.4. The zero-order chi connectivity index (χ0) is 34.2. The number of nitrogens with zero attached hydrogens (tertiary/aromatic N) is 3. The summed E-state index contributed by atoms with van der Waals surface area (Å²) in [5.74, 6) is 1.13. The van der Waals surface area contributed by atoms with Crippen molar-refractivity contribution in [3.05, 3.63) is 30.1 Å². The Morgan fingerprint density at radius 3 is 1.78 bits per heavy atom. The first-order valence-electron chi connectivity index (χ1n) is 19.4. The van der Waals surface area contributed by atoms with Crippen LogP contribution in [0.25, 0.3) is 0 Å². The molecule has 0 N–H and O–H groups in total. The monoisotopic (exact) mass is 747 g/mol. The van der Waals surface area contributed by atoms with E-state index in [-0.39, 0.29) is 36.5 Å². The van der Waals surface area contributed by atoms with Crippen LogP contribution in [0.4, 0.5) is 0 Å². The summed E-state index contributed by atoms with van der Waals surface area (Å²) in [5, 5.41) is 2.15. The largest absolute Gasteiger partial charge is 0.457 e. The van der Waals surface area contributed by atoms with E-state index in [1.165, 1.54) is 103 Å². The van der Waals surface area contributed by atoms with Crippen LogP contribution in [-0.2, 0) is 19.3 Å². The van der Waals surface area contributed by atoms with Crippen molar-refractivity contribution in [2.45, 2.75) is 154 Å². The number of unbranched alkanes of at least 4 members (excludes halogenated alkanes) is 19. The molecule has 0 fully saturated rings. The van der Waals surface area contributed by atoms with Gasteiger partial charge in [0.2, 0.25) is 0 Å². The highest BCUT2D eigenvalue weighted by Gasteiger charge is 2.22. The molecule has 286 valence electrons. The van der Waals surface area contributed by atoms with Gasteiger partial charge in [-0.15, -0.1) is 24.2 Å². The maximum absolute atomic E-state index is 12.9. The van der Waals surface area contributed by atoms with Gasteiger partial charge < -0.3 is 19.1 Å². The van der Waals surface area contributed by atoms with Crippen molar-refractivity contribution in [1.29, 1.82) is 0 Å². The van der Waals surface area contributed by atoms with Gasteiger partial charge in [-0.2, -0.15) is 0 Å². The molecular formula is C38H70ClN3O5S2. The number of thioether (sulfide) groups is 1. The first-order valence-corrected chi connectivity index (χ1v) is 22.3. The van der Waals surface area contributed by atoms with Crippen LogP contribution in [0.2, 0.25) is 0 Å². The molecule has 11 heteroatoms.